The number of aryl methyl sites for hydroxylation is 2. The molecule has 0 saturated carbocycles. The van der Waals surface area contributed by atoms with Gasteiger partial charge in [0.15, 0.2) is 0 Å². The third kappa shape index (κ3) is 2.80. The summed E-state index contributed by atoms with van der Waals surface area (Å²) >= 11 is 0. The van der Waals surface area contributed by atoms with Crippen LogP contribution >= 0.6 is 0 Å². The van der Waals surface area contributed by atoms with E-state index in [-0.39, 0.29) is 5.56 Å². The van der Waals surface area contributed by atoms with Crippen LogP contribution in [0, 0.1) is 6.92 Å². The van der Waals surface area contributed by atoms with Gasteiger partial charge in [0.1, 0.15) is 5.56 Å². The van der Waals surface area contributed by atoms with Crippen molar-refractivity contribution in [3.8, 4) is 11.3 Å². The van der Waals surface area contributed by atoms with Crippen molar-refractivity contribution in [1.82, 2.24) is 9.97 Å². The highest BCUT2D eigenvalue weighted by Gasteiger charge is 2.15. The van der Waals surface area contributed by atoms with Crippen molar-refractivity contribution in [1.29, 1.82) is 0 Å². The first-order chi connectivity index (χ1) is 11.5. The lowest BCUT2D eigenvalue weighted by Gasteiger charge is -2.11. The summed E-state index contributed by atoms with van der Waals surface area (Å²) in [5, 5.41) is 1.01. The number of esters is 1. The van der Waals surface area contributed by atoms with E-state index < -0.39 is 11.5 Å². The zero-order chi connectivity index (χ0) is 17.3. The molecule has 5 nitrogen and oxygen atoms in total. The van der Waals surface area contributed by atoms with Gasteiger partial charge in [-0.25, -0.2) is 4.79 Å². The van der Waals surface area contributed by atoms with E-state index >= 15 is 0 Å². The molecule has 3 rings (SSSR count). The maximum Gasteiger partial charge on any atom is 0.343 e. The maximum atomic E-state index is 12.2. The Kier molecular flexibility index (Phi) is 4.16. The predicted octanol–water partition coefficient (Wildman–Crippen LogP) is 3.25. The Labute approximate surface area is 139 Å². The minimum absolute atomic E-state index is 0.0244. The van der Waals surface area contributed by atoms with Crippen molar-refractivity contribution < 1.29 is 9.53 Å². The van der Waals surface area contributed by atoms with Crippen LogP contribution in [-0.2, 0) is 11.2 Å². The van der Waals surface area contributed by atoms with E-state index in [0.717, 1.165) is 33.3 Å². The predicted molar refractivity (Wildman–Crippen MR) is 93.3 cm³/mol. The lowest BCUT2D eigenvalue weighted by Crippen LogP contribution is -2.20. The van der Waals surface area contributed by atoms with Crippen molar-refractivity contribution in [3.05, 3.63) is 63.6 Å². The van der Waals surface area contributed by atoms with Gasteiger partial charge in [0.25, 0.3) is 5.56 Å². The molecule has 1 N–H and O–H groups in total. The molecule has 0 amide bonds. The van der Waals surface area contributed by atoms with Gasteiger partial charge in [-0.15, -0.1) is 0 Å². The number of nitrogens with one attached hydrogen (secondary N) is 1. The minimum Gasteiger partial charge on any atom is -0.465 e. The number of hydrogen-bond donors (Lipinski definition) is 1. The summed E-state index contributed by atoms with van der Waals surface area (Å²) in [6, 6.07) is 9.51. The van der Waals surface area contributed by atoms with Crippen molar-refractivity contribution in [3.63, 3.8) is 0 Å². The first-order valence-corrected chi connectivity index (χ1v) is 7.74. The van der Waals surface area contributed by atoms with Crippen LogP contribution in [0.3, 0.4) is 0 Å². The van der Waals surface area contributed by atoms with Gasteiger partial charge >= 0.3 is 5.97 Å². The molecule has 122 valence electrons. The second-order valence-corrected chi connectivity index (χ2v) is 5.68. The van der Waals surface area contributed by atoms with Gasteiger partial charge in [-0.05, 0) is 54.3 Å². The first kappa shape index (κ1) is 15.9. The standard InChI is InChI=1S/C19H18N2O3/c1-4-12-9-15(19(23)24-3)18(22)21-17(12)13-5-6-16-14(8-13)7-11(2)10-20-16/h5-10H,4H2,1-3H3,(H,21,22). The Morgan fingerprint density at radius 3 is 2.75 bits per heavy atom. The third-order valence-electron chi connectivity index (χ3n) is 4.02. The fourth-order valence-electron chi connectivity index (χ4n) is 2.77. The summed E-state index contributed by atoms with van der Waals surface area (Å²) in [6.07, 6.45) is 2.51. The number of carbonyl (C=O) groups is 1. The largest absolute Gasteiger partial charge is 0.465 e. The number of rotatable bonds is 3. The van der Waals surface area contributed by atoms with Gasteiger partial charge in [0, 0.05) is 11.6 Å². The molecule has 0 radical (unpaired) electrons. The molecule has 0 aliphatic heterocycles. The smallest absolute Gasteiger partial charge is 0.343 e. The Morgan fingerprint density at radius 2 is 2.04 bits per heavy atom. The van der Waals surface area contributed by atoms with Crippen LogP contribution < -0.4 is 5.56 Å². The Balaban J connectivity index is 2.20. The van der Waals surface area contributed by atoms with Crippen LogP contribution in [-0.4, -0.2) is 23.0 Å². The molecule has 0 unspecified atom stereocenters. The fraction of sp³-hybridized carbons (Fsp3) is 0.211. The molecule has 2 aromatic heterocycles. The number of methoxy groups -OCH3 is 1. The van der Waals surface area contributed by atoms with E-state index in [1.807, 2.05) is 38.2 Å². The van der Waals surface area contributed by atoms with E-state index in [9.17, 15) is 9.59 Å². The normalized spacial score (nSPS) is 10.8. The topological polar surface area (TPSA) is 72.1 Å². The lowest BCUT2D eigenvalue weighted by molar-refractivity contribution is 0.0598. The molecular formula is C19H18N2O3. The SMILES string of the molecule is CCc1cc(C(=O)OC)c(=O)[nH]c1-c1ccc2ncc(C)cc2c1. The molecule has 0 spiro atoms. The minimum atomic E-state index is -0.629. The van der Waals surface area contributed by atoms with E-state index in [1.54, 1.807) is 6.07 Å². The Hall–Kier alpha value is -2.95. The molecule has 2 heterocycles. The van der Waals surface area contributed by atoms with Gasteiger partial charge in [0.05, 0.1) is 18.3 Å². The van der Waals surface area contributed by atoms with Crippen LogP contribution in [0.5, 0.6) is 0 Å². The van der Waals surface area contributed by atoms with E-state index in [2.05, 4.69) is 20.8 Å². The van der Waals surface area contributed by atoms with Crippen molar-refractivity contribution >= 4 is 16.9 Å². The number of H-pyrrole nitrogens is 1. The summed E-state index contributed by atoms with van der Waals surface area (Å²) in [5.74, 6) is -0.629. The number of nitrogens with zero attached hydrogens (tertiary/aromatic N) is 1. The average molecular weight is 322 g/mol. The zero-order valence-corrected chi connectivity index (χ0v) is 13.8. The van der Waals surface area contributed by atoms with Crippen molar-refractivity contribution in [2.45, 2.75) is 20.3 Å². The molecule has 0 bridgehead atoms. The van der Waals surface area contributed by atoms with Gasteiger partial charge < -0.3 is 9.72 Å². The lowest BCUT2D eigenvalue weighted by atomic mass is 10.0. The number of aromatic nitrogens is 2. The molecule has 0 aliphatic carbocycles. The highest BCUT2D eigenvalue weighted by atomic mass is 16.5. The van der Waals surface area contributed by atoms with E-state index in [4.69, 9.17) is 0 Å². The highest BCUT2D eigenvalue weighted by molar-refractivity contribution is 5.90. The van der Waals surface area contributed by atoms with Crippen LogP contribution in [0.4, 0.5) is 0 Å². The van der Waals surface area contributed by atoms with Gasteiger partial charge in [0.2, 0.25) is 0 Å². The molecule has 3 aromatic rings. The van der Waals surface area contributed by atoms with Crippen LogP contribution in [0.25, 0.3) is 22.2 Å². The van der Waals surface area contributed by atoms with Crippen molar-refractivity contribution in [2.75, 3.05) is 7.11 Å². The highest BCUT2D eigenvalue weighted by Crippen LogP contribution is 2.25. The molecular weight excluding hydrogens is 304 g/mol. The zero-order valence-electron chi connectivity index (χ0n) is 13.8. The van der Waals surface area contributed by atoms with Crippen LogP contribution in [0.2, 0.25) is 0 Å². The second-order valence-electron chi connectivity index (χ2n) is 5.68. The average Bonchev–Trinajstić information content (AvgIpc) is 2.60. The van der Waals surface area contributed by atoms with E-state index in [0.29, 0.717) is 6.42 Å². The third-order valence-corrected chi connectivity index (χ3v) is 4.02. The number of benzene rings is 1. The first-order valence-electron chi connectivity index (χ1n) is 7.74. The molecule has 5 heteroatoms. The van der Waals surface area contributed by atoms with Gasteiger partial charge in [-0.2, -0.15) is 0 Å². The molecule has 0 saturated heterocycles. The summed E-state index contributed by atoms with van der Waals surface area (Å²) in [7, 11) is 1.26. The number of ether oxygens (including phenoxy) is 1. The van der Waals surface area contributed by atoms with Gasteiger partial charge in [-0.1, -0.05) is 13.0 Å². The van der Waals surface area contributed by atoms with Crippen LogP contribution in [0.15, 0.2) is 41.3 Å². The molecule has 0 atom stereocenters. The molecule has 0 aliphatic rings. The Bertz CT molecular complexity index is 990. The molecule has 24 heavy (non-hydrogen) atoms. The van der Waals surface area contributed by atoms with Crippen molar-refractivity contribution in [2.24, 2.45) is 0 Å². The number of aromatic amines is 1. The molecule has 1 aromatic carbocycles. The number of hydrogen-bond acceptors (Lipinski definition) is 4. The quantitative estimate of drug-likeness (QED) is 0.751. The number of pyridine rings is 2. The Morgan fingerprint density at radius 1 is 1.25 bits per heavy atom. The van der Waals surface area contributed by atoms with E-state index in [1.165, 1.54) is 7.11 Å². The number of fused-ring (bicyclic) bond motifs is 1. The fourth-order valence-corrected chi connectivity index (χ4v) is 2.77. The maximum absolute atomic E-state index is 12.2. The summed E-state index contributed by atoms with van der Waals surface area (Å²) in [6.45, 7) is 3.97. The summed E-state index contributed by atoms with van der Waals surface area (Å²) < 4.78 is 4.67. The summed E-state index contributed by atoms with van der Waals surface area (Å²) in [5.41, 5.74) is 4.04. The molecule has 0 fully saturated rings. The van der Waals surface area contributed by atoms with Crippen LogP contribution in [0.1, 0.15) is 28.4 Å². The second kappa shape index (κ2) is 6.28. The monoisotopic (exact) mass is 322 g/mol. The van der Waals surface area contributed by atoms with Gasteiger partial charge in [-0.3, -0.25) is 9.78 Å². The summed E-state index contributed by atoms with van der Waals surface area (Å²) in [4.78, 5) is 31.2. The number of carbonyl (C=O) groups excluding carboxylic acids is 1.